The molecule has 0 heterocycles. The van der Waals surface area contributed by atoms with Gasteiger partial charge in [-0.1, -0.05) is 38.5 Å². The molecule has 0 radical (unpaired) electrons. The molecule has 1 aromatic carbocycles. The van der Waals surface area contributed by atoms with Gasteiger partial charge >= 0.3 is 0 Å². The van der Waals surface area contributed by atoms with Crippen molar-refractivity contribution in [3.05, 3.63) is 29.8 Å². The predicted molar refractivity (Wildman–Crippen MR) is 101 cm³/mol. The minimum absolute atomic E-state index is 0.207. The summed E-state index contributed by atoms with van der Waals surface area (Å²) in [6.07, 6.45) is 0.894. The lowest BCUT2D eigenvalue weighted by molar-refractivity contribution is 0.171. The van der Waals surface area contributed by atoms with E-state index < -0.39 is 25.2 Å². The molecule has 0 aliphatic rings. The summed E-state index contributed by atoms with van der Waals surface area (Å²) in [6.45, 7) is 13.8. The van der Waals surface area contributed by atoms with Crippen LogP contribution in [0.3, 0.4) is 0 Å². The highest BCUT2D eigenvalue weighted by Gasteiger charge is 2.36. The maximum Gasteiger partial charge on any atom is 0.191 e. The molecule has 5 heteroatoms. The Kier molecular flexibility index (Phi) is 7.65. The highest BCUT2D eigenvalue weighted by atomic mass is 32.2. The van der Waals surface area contributed by atoms with Crippen LogP contribution in [0.4, 0.5) is 0 Å². The second-order valence-electron chi connectivity index (χ2n) is 7.73. The van der Waals surface area contributed by atoms with Crippen LogP contribution in [-0.2, 0) is 15.2 Å². The van der Waals surface area contributed by atoms with Crippen molar-refractivity contribution in [2.24, 2.45) is 0 Å². The van der Waals surface area contributed by atoms with Crippen LogP contribution in [0.1, 0.15) is 39.2 Å². The molecule has 132 valence electrons. The van der Waals surface area contributed by atoms with Gasteiger partial charge in [-0.05, 0) is 50.0 Å². The SMILES string of the molecule is Cc1ccc([S@@](=O)C[C@@H](O)CCCO[Si](C)(C)C(C)(C)C)cc1. The molecule has 0 saturated carbocycles. The van der Waals surface area contributed by atoms with E-state index in [4.69, 9.17) is 4.43 Å². The quantitative estimate of drug-likeness (QED) is 0.559. The summed E-state index contributed by atoms with van der Waals surface area (Å²) < 4.78 is 18.3. The van der Waals surface area contributed by atoms with E-state index >= 15 is 0 Å². The predicted octanol–water partition coefficient (Wildman–Crippen LogP) is 4.27. The first-order valence-electron chi connectivity index (χ1n) is 8.30. The van der Waals surface area contributed by atoms with E-state index in [-0.39, 0.29) is 5.04 Å². The highest BCUT2D eigenvalue weighted by Crippen LogP contribution is 2.36. The lowest BCUT2D eigenvalue weighted by Gasteiger charge is -2.36. The lowest BCUT2D eigenvalue weighted by atomic mass is 10.2. The first-order chi connectivity index (χ1) is 10.5. The van der Waals surface area contributed by atoms with E-state index in [0.717, 1.165) is 16.9 Å². The van der Waals surface area contributed by atoms with Crippen LogP contribution in [0.5, 0.6) is 0 Å². The molecule has 0 aliphatic carbocycles. The number of rotatable bonds is 8. The van der Waals surface area contributed by atoms with Crippen molar-refractivity contribution < 1.29 is 13.7 Å². The Bertz CT molecular complexity index is 506. The largest absolute Gasteiger partial charge is 0.417 e. The standard InChI is InChI=1S/C18H32O3SSi/c1-15-9-11-17(12-10-15)22(20)14-16(19)8-7-13-21-23(5,6)18(2,3)4/h9-12,16,19H,7-8,13-14H2,1-6H3/t16-,22-/m0/s1. The zero-order valence-corrected chi connectivity index (χ0v) is 17.2. The molecule has 0 aliphatic heterocycles. The summed E-state index contributed by atoms with van der Waals surface area (Å²) in [7, 11) is -2.85. The molecule has 1 rings (SSSR count). The zero-order valence-electron chi connectivity index (χ0n) is 15.4. The average Bonchev–Trinajstić information content (AvgIpc) is 2.43. The van der Waals surface area contributed by atoms with Crippen LogP contribution < -0.4 is 0 Å². The molecule has 1 aromatic rings. The number of hydrogen-bond acceptors (Lipinski definition) is 3. The van der Waals surface area contributed by atoms with Crippen LogP contribution >= 0.6 is 0 Å². The third kappa shape index (κ3) is 6.87. The van der Waals surface area contributed by atoms with Gasteiger partial charge in [0.25, 0.3) is 0 Å². The van der Waals surface area contributed by atoms with Gasteiger partial charge in [-0.2, -0.15) is 0 Å². The molecule has 0 amide bonds. The molecule has 0 unspecified atom stereocenters. The van der Waals surface area contributed by atoms with Gasteiger partial charge in [0.05, 0.1) is 22.7 Å². The minimum atomic E-state index is -1.71. The van der Waals surface area contributed by atoms with Crippen LogP contribution in [0.15, 0.2) is 29.2 Å². The van der Waals surface area contributed by atoms with Gasteiger partial charge in [-0.3, -0.25) is 4.21 Å². The van der Waals surface area contributed by atoms with Gasteiger partial charge in [-0.15, -0.1) is 0 Å². The molecule has 0 fully saturated rings. The third-order valence-electron chi connectivity index (χ3n) is 4.58. The number of aliphatic hydroxyl groups excluding tert-OH is 1. The fourth-order valence-corrected chi connectivity index (χ4v) is 4.14. The third-order valence-corrected chi connectivity index (χ3v) is 10.6. The van der Waals surface area contributed by atoms with Gasteiger partial charge in [0.1, 0.15) is 0 Å². The fraction of sp³-hybridized carbons (Fsp3) is 0.667. The number of hydrogen-bond donors (Lipinski definition) is 1. The lowest BCUT2D eigenvalue weighted by Crippen LogP contribution is -2.41. The smallest absolute Gasteiger partial charge is 0.191 e. The van der Waals surface area contributed by atoms with Crippen molar-refractivity contribution in [1.82, 2.24) is 0 Å². The molecular weight excluding hydrogens is 324 g/mol. The summed E-state index contributed by atoms with van der Waals surface area (Å²) in [5.41, 5.74) is 1.15. The highest BCUT2D eigenvalue weighted by molar-refractivity contribution is 7.85. The second-order valence-corrected chi connectivity index (χ2v) is 14.0. The van der Waals surface area contributed by atoms with Crippen LogP contribution in [0.2, 0.25) is 18.1 Å². The van der Waals surface area contributed by atoms with Crippen molar-refractivity contribution in [3.63, 3.8) is 0 Å². The van der Waals surface area contributed by atoms with E-state index in [0.29, 0.717) is 18.8 Å². The Labute approximate surface area is 145 Å². The first kappa shape index (κ1) is 20.6. The molecule has 1 N–H and O–H groups in total. The Morgan fingerprint density at radius 2 is 1.78 bits per heavy atom. The normalized spacial score (nSPS) is 15.4. The number of benzene rings is 1. The van der Waals surface area contributed by atoms with Gasteiger partial charge in [0.15, 0.2) is 8.32 Å². The van der Waals surface area contributed by atoms with E-state index in [1.54, 1.807) is 0 Å². The Balaban J connectivity index is 2.33. The van der Waals surface area contributed by atoms with Crippen molar-refractivity contribution >= 4 is 19.1 Å². The minimum Gasteiger partial charge on any atom is -0.417 e. The van der Waals surface area contributed by atoms with Crippen molar-refractivity contribution in [1.29, 1.82) is 0 Å². The van der Waals surface area contributed by atoms with Crippen LogP contribution in [0, 0.1) is 6.92 Å². The second kappa shape index (κ2) is 8.56. The maximum absolute atomic E-state index is 12.2. The Morgan fingerprint density at radius 3 is 2.30 bits per heavy atom. The Hall–Kier alpha value is -0.493. The van der Waals surface area contributed by atoms with Crippen LogP contribution in [-0.4, -0.2) is 36.1 Å². The van der Waals surface area contributed by atoms with Crippen molar-refractivity contribution in [2.45, 2.75) is 69.7 Å². The molecule has 0 bridgehead atoms. The molecular formula is C18H32O3SSi. The van der Waals surface area contributed by atoms with Gasteiger partial charge < -0.3 is 9.53 Å². The average molecular weight is 357 g/mol. The summed E-state index contributed by atoms with van der Waals surface area (Å²) in [5.74, 6) is 0.295. The monoisotopic (exact) mass is 356 g/mol. The van der Waals surface area contributed by atoms with E-state index in [1.807, 2.05) is 31.2 Å². The summed E-state index contributed by atoms with van der Waals surface area (Å²) in [6, 6.07) is 7.65. The molecule has 3 nitrogen and oxygen atoms in total. The first-order valence-corrected chi connectivity index (χ1v) is 12.5. The summed E-state index contributed by atoms with van der Waals surface area (Å²) in [4.78, 5) is 0.784. The Morgan fingerprint density at radius 1 is 1.22 bits per heavy atom. The van der Waals surface area contributed by atoms with E-state index in [9.17, 15) is 9.32 Å². The molecule has 0 spiro atoms. The van der Waals surface area contributed by atoms with Crippen molar-refractivity contribution in [3.8, 4) is 0 Å². The summed E-state index contributed by atoms with van der Waals surface area (Å²) >= 11 is 0. The number of aliphatic hydroxyl groups is 1. The van der Waals surface area contributed by atoms with Crippen LogP contribution in [0.25, 0.3) is 0 Å². The van der Waals surface area contributed by atoms with Gasteiger partial charge in [0.2, 0.25) is 0 Å². The van der Waals surface area contributed by atoms with E-state index in [1.165, 1.54) is 0 Å². The van der Waals surface area contributed by atoms with E-state index in [2.05, 4.69) is 33.9 Å². The van der Waals surface area contributed by atoms with Crippen molar-refractivity contribution in [2.75, 3.05) is 12.4 Å². The molecule has 23 heavy (non-hydrogen) atoms. The molecule has 0 aromatic heterocycles. The molecule has 0 saturated heterocycles. The summed E-state index contributed by atoms with van der Waals surface area (Å²) in [5, 5.41) is 10.3. The molecule has 2 atom stereocenters. The zero-order chi connectivity index (χ0) is 17.7. The maximum atomic E-state index is 12.2. The fourth-order valence-electron chi connectivity index (χ4n) is 1.91. The van der Waals surface area contributed by atoms with Gasteiger partial charge in [-0.25, -0.2) is 0 Å². The van der Waals surface area contributed by atoms with Gasteiger partial charge in [0, 0.05) is 11.5 Å². The number of aryl methyl sites for hydroxylation is 1. The topological polar surface area (TPSA) is 46.5 Å².